The summed E-state index contributed by atoms with van der Waals surface area (Å²) in [6.45, 7) is 8.20. The molecule has 0 aliphatic carbocycles. The Bertz CT molecular complexity index is 212. The lowest BCUT2D eigenvalue weighted by Crippen LogP contribution is -2.43. The van der Waals surface area contributed by atoms with Gasteiger partial charge in [0.15, 0.2) is 0 Å². The molecule has 4 heteroatoms. The fraction of sp³-hybridized carbons (Fsp3) is 0.800. The van der Waals surface area contributed by atoms with Crippen LogP contribution in [-0.2, 0) is 4.79 Å². The van der Waals surface area contributed by atoms with Crippen molar-refractivity contribution in [1.29, 1.82) is 0 Å². The molecule has 3 amide bonds. The number of rotatable bonds is 3. The first-order valence-electron chi connectivity index (χ1n) is 4.90. The van der Waals surface area contributed by atoms with Crippen LogP contribution in [-0.4, -0.2) is 30.4 Å². The lowest BCUT2D eigenvalue weighted by Gasteiger charge is -2.19. The maximum Gasteiger partial charge on any atom is 0.323 e. The maximum absolute atomic E-state index is 11.4. The number of nitrogens with one attached hydrogen (secondary N) is 1. The van der Waals surface area contributed by atoms with Gasteiger partial charge in [-0.15, -0.1) is 0 Å². The van der Waals surface area contributed by atoms with Gasteiger partial charge in [-0.25, -0.2) is 4.79 Å². The molecular weight excluding hydrogens is 180 g/mol. The summed E-state index contributed by atoms with van der Waals surface area (Å²) in [5.41, 5.74) is 0. The van der Waals surface area contributed by atoms with E-state index in [4.69, 9.17) is 0 Å². The molecule has 1 N–H and O–H groups in total. The van der Waals surface area contributed by atoms with E-state index in [1.54, 1.807) is 20.9 Å². The Morgan fingerprint density at radius 2 is 1.71 bits per heavy atom. The molecule has 0 aromatic rings. The van der Waals surface area contributed by atoms with E-state index in [1.807, 2.05) is 13.8 Å². The summed E-state index contributed by atoms with van der Waals surface area (Å²) in [5, 5.41) is 2.33. The number of nitrogens with zero attached hydrogens (tertiary/aromatic N) is 1. The molecule has 82 valence electrons. The predicted octanol–water partition coefficient (Wildman–Crippen LogP) is 1.47. The van der Waals surface area contributed by atoms with Crippen molar-refractivity contribution in [3.8, 4) is 0 Å². The molecule has 0 saturated heterocycles. The molecule has 0 radical (unpaired) electrons. The van der Waals surface area contributed by atoms with Crippen LogP contribution in [0.3, 0.4) is 0 Å². The number of hydrogen-bond donors (Lipinski definition) is 1. The van der Waals surface area contributed by atoms with Gasteiger partial charge >= 0.3 is 6.03 Å². The molecule has 0 spiro atoms. The average Bonchev–Trinajstić information content (AvgIpc) is 2.02. The molecule has 0 bridgehead atoms. The summed E-state index contributed by atoms with van der Waals surface area (Å²) >= 11 is 0. The number of amides is 3. The van der Waals surface area contributed by atoms with Crippen molar-refractivity contribution in [2.45, 2.75) is 27.7 Å². The zero-order chi connectivity index (χ0) is 11.3. The Balaban J connectivity index is 4.02. The van der Waals surface area contributed by atoms with Gasteiger partial charge in [-0.1, -0.05) is 27.7 Å². The Labute approximate surface area is 85.7 Å². The van der Waals surface area contributed by atoms with Crippen LogP contribution in [0.1, 0.15) is 27.7 Å². The second-order valence-corrected chi connectivity index (χ2v) is 4.22. The Morgan fingerprint density at radius 1 is 1.21 bits per heavy atom. The van der Waals surface area contributed by atoms with Gasteiger partial charge in [0.2, 0.25) is 5.91 Å². The molecule has 0 aromatic heterocycles. The minimum atomic E-state index is -0.322. The molecule has 14 heavy (non-hydrogen) atoms. The summed E-state index contributed by atoms with van der Waals surface area (Å²) in [7, 11) is 1.68. The van der Waals surface area contributed by atoms with E-state index in [9.17, 15) is 9.59 Å². The van der Waals surface area contributed by atoms with E-state index in [1.165, 1.54) is 4.90 Å². The Kier molecular flexibility index (Phi) is 5.20. The number of carbonyl (C=O) groups excluding carboxylic acids is 2. The number of imide groups is 1. The normalized spacial score (nSPS) is 10.5. The van der Waals surface area contributed by atoms with Gasteiger partial charge in [-0.05, 0) is 5.92 Å². The van der Waals surface area contributed by atoms with Crippen LogP contribution in [0.25, 0.3) is 0 Å². The minimum Gasteiger partial charge on any atom is -0.327 e. The van der Waals surface area contributed by atoms with Crippen LogP contribution < -0.4 is 5.32 Å². The molecule has 0 saturated carbocycles. The lowest BCUT2D eigenvalue weighted by atomic mass is 10.2. The van der Waals surface area contributed by atoms with Crippen molar-refractivity contribution in [1.82, 2.24) is 10.2 Å². The quantitative estimate of drug-likeness (QED) is 0.750. The molecule has 0 atom stereocenters. The standard InChI is InChI=1S/C10H20N2O2/c1-7(2)6-12(5)10(14)11-9(13)8(3)4/h7-8H,6H2,1-5H3,(H,11,13,14). The van der Waals surface area contributed by atoms with Gasteiger partial charge in [0.25, 0.3) is 0 Å². The summed E-state index contributed by atoms with van der Waals surface area (Å²) in [4.78, 5) is 24.1. The average molecular weight is 200 g/mol. The maximum atomic E-state index is 11.4. The van der Waals surface area contributed by atoms with E-state index < -0.39 is 0 Å². The van der Waals surface area contributed by atoms with Crippen LogP contribution in [0.4, 0.5) is 4.79 Å². The molecule has 0 aliphatic heterocycles. The SMILES string of the molecule is CC(C)CN(C)C(=O)NC(=O)C(C)C. The smallest absolute Gasteiger partial charge is 0.323 e. The molecule has 0 unspecified atom stereocenters. The van der Waals surface area contributed by atoms with Crippen molar-refractivity contribution >= 4 is 11.9 Å². The lowest BCUT2D eigenvalue weighted by molar-refractivity contribution is -0.123. The van der Waals surface area contributed by atoms with E-state index in [0.717, 1.165) is 0 Å². The molecule has 0 aliphatic rings. The van der Waals surface area contributed by atoms with Crippen molar-refractivity contribution < 1.29 is 9.59 Å². The van der Waals surface area contributed by atoms with Gasteiger partial charge in [-0.2, -0.15) is 0 Å². The fourth-order valence-corrected chi connectivity index (χ4v) is 0.976. The highest BCUT2D eigenvalue weighted by Crippen LogP contribution is 1.97. The molecular formula is C10H20N2O2. The fourth-order valence-electron chi connectivity index (χ4n) is 0.976. The molecule has 0 heterocycles. The summed E-state index contributed by atoms with van der Waals surface area (Å²) < 4.78 is 0. The van der Waals surface area contributed by atoms with Crippen LogP contribution in [0.15, 0.2) is 0 Å². The van der Waals surface area contributed by atoms with Gasteiger partial charge in [0.1, 0.15) is 0 Å². The number of hydrogen-bond acceptors (Lipinski definition) is 2. The second kappa shape index (κ2) is 5.62. The Hall–Kier alpha value is -1.06. The summed E-state index contributed by atoms with van der Waals surface area (Å²) in [6, 6.07) is -0.322. The highest BCUT2D eigenvalue weighted by atomic mass is 16.2. The Morgan fingerprint density at radius 3 is 2.07 bits per heavy atom. The van der Waals surface area contributed by atoms with E-state index >= 15 is 0 Å². The largest absolute Gasteiger partial charge is 0.327 e. The third kappa shape index (κ3) is 4.84. The first-order chi connectivity index (χ1) is 6.34. The molecule has 0 aromatic carbocycles. The first-order valence-corrected chi connectivity index (χ1v) is 4.90. The minimum absolute atomic E-state index is 0.161. The highest BCUT2D eigenvalue weighted by molar-refractivity contribution is 5.95. The van der Waals surface area contributed by atoms with Crippen LogP contribution in [0.5, 0.6) is 0 Å². The second-order valence-electron chi connectivity index (χ2n) is 4.22. The monoisotopic (exact) mass is 200 g/mol. The van der Waals surface area contributed by atoms with Crippen molar-refractivity contribution in [2.75, 3.05) is 13.6 Å². The van der Waals surface area contributed by atoms with E-state index in [2.05, 4.69) is 5.32 Å². The van der Waals surface area contributed by atoms with Crippen molar-refractivity contribution in [2.24, 2.45) is 11.8 Å². The van der Waals surface area contributed by atoms with Crippen LogP contribution in [0, 0.1) is 11.8 Å². The first kappa shape index (κ1) is 12.9. The molecule has 0 fully saturated rings. The molecule has 4 nitrogen and oxygen atoms in total. The van der Waals surface area contributed by atoms with Gasteiger partial charge in [0, 0.05) is 19.5 Å². The van der Waals surface area contributed by atoms with Crippen LogP contribution >= 0.6 is 0 Å². The number of carbonyl (C=O) groups is 2. The van der Waals surface area contributed by atoms with Crippen LogP contribution in [0.2, 0.25) is 0 Å². The third-order valence-electron chi connectivity index (χ3n) is 1.74. The summed E-state index contributed by atoms with van der Waals surface area (Å²) in [5.74, 6) is 0.0110. The topological polar surface area (TPSA) is 49.4 Å². The van der Waals surface area contributed by atoms with Gasteiger partial charge < -0.3 is 4.90 Å². The van der Waals surface area contributed by atoms with E-state index in [0.29, 0.717) is 12.5 Å². The zero-order valence-electron chi connectivity index (χ0n) is 9.63. The zero-order valence-corrected chi connectivity index (χ0v) is 9.63. The van der Waals surface area contributed by atoms with Gasteiger partial charge in [0.05, 0.1) is 0 Å². The summed E-state index contributed by atoms with van der Waals surface area (Å²) in [6.07, 6.45) is 0. The highest BCUT2D eigenvalue weighted by Gasteiger charge is 2.15. The number of urea groups is 1. The third-order valence-corrected chi connectivity index (χ3v) is 1.74. The van der Waals surface area contributed by atoms with E-state index in [-0.39, 0.29) is 17.9 Å². The molecule has 0 rings (SSSR count). The van der Waals surface area contributed by atoms with Crippen molar-refractivity contribution in [3.05, 3.63) is 0 Å². The van der Waals surface area contributed by atoms with Crippen molar-refractivity contribution in [3.63, 3.8) is 0 Å². The van der Waals surface area contributed by atoms with Gasteiger partial charge in [-0.3, -0.25) is 10.1 Å². The predicted molar refractivity (Wildman–Crippen MR) is 55.8 cm³/mol.